The largest absolute Gasteiger partial charge is 3.00 e. The third-order valence-corrected chi connectivity index (χ3v) is 0.949. The van der Waals surface area contributed by atoms with E-state index in [0.717, 1.165) is 0 Å². The van der Waals surface area contributed by atoms with Gasteiger partial charge in [0.2, 0.25) is 0 Å². The van der Waals surface area contributed by atoms with E-state index in [-0.39, 0.29) is 34.7 Å². The Kier molecular flexibility index (Phi) is 17.6. The molecule has 2 unspecified atom stereocenters. The standard InChI is InChI=1S/C4H6O6.C2H2O4.2Al/c5-1(3(7)8)2(6)4(9)10;3-1(4)2(5)6;;/h1-2,5-6H,(H,7,8)(H,9,10);(H,3,4)(H,5,6);;/q;;2*+3/p-4. The fourth-order valence-corrected chi connectivity index (χ4v) is 0.258. The zero-order valence-corrected chi connectivity index (χ0v) is 10.8. The van der Waals surface area contributed by atoms with E-state index in [1.807, 2.05) is 0 Å². The summed E-state index contributed by atoms with van der Waals surface area (Å²) < 4.78 is 0. The minimum Gasteiger partial charge on any atom is -0.547 e. The van der Waals surface area contributed by atoms with E-state index >= 15 is 0 Å². The molecule has 0 saturated carbocycles. The fourth-order valence-electron chi connectivity index (χ4n) is 0.258. The van der Waals surface area contributed by atoms with Gasteiger partial charge in [0.05, 0.1) is 23.9 Å². The molecule has 0 fully saturated rings. The van der Waals surface area contributed by atoms with Crippen LogP contribution in [0.5, 0.6) is 0 Å². The number of carboxylic acids is 4. The third-order valence-electron chi connectivity index (χ3n) is 0.949. The first-order valence-corrected chi connectivity index (χ1v) is 3.31. The average molecular weight is 290 g/mol. The smallest absolute Gasteiger partial charge is 0.547 e. The zero-order valence-electron chi connectivity index (χ0n) is 8.47. The molecule has 10 nitrogen and oxygen atoms in total. The number of aliphatic carboxylic acids is 4. The first-order valence-electron chi connectivity index (χ1n) is 3.31. The van der Waals surface area contributed by atoms with E-state index in [9.17, 15) is 19.8 Å². The van der Waals surface area contributed by atoms with Crippen molar-refractivity contribution in [2.45, 2.75) is 12.2 Å². The Morgan fingerprint density at radius 3 is 0.889 bits per heavy atom. The summed E-state index contributed by atoms with van der Waals surface area (Å²) in [6.07, 6.45) is -4.88. The second-order valence-corrected chi connectivity index (χ2v) is 2.10. The van der Waals surface area contributed by atoms with Gasteiger partial charge in [-0.05, 0) is 0 Å². The molecule has 0 amide bonds. The molecule has 0 aliphatic carbocycles. The van der Waals surface area contributed by atoms with Crippen molar-refractivity contribution in [1.82, 2.24) is 0 Å². The molecule has 0 heterocycles. The number of hydrogen-bond acceptors (Lipinski definition) is 10. The maximum absolute atomic E-state index is 9.63. The van der Waals surface area contributed by atoms with Crippen molar-refractivity contribution in [3.8, 4) is 0 Å². The first kappa shape index (κ1) is 25.6. The number of hydrogen-bond donors (Lipinski definition) is 2. The molecule has 2 N–H and O–H groups in total. The topological polar surface area (TPSA) is 201 Å². The maximum Gasteiger partial charge on any atom is 3.00 e. The average Bonchev–Trinajstić information content (AvgIpc) is 2.15. The van der Waals surface area contributed by atoms with Crippen LogP contribution in [0.3, 0.4) is 0 Å². The van der Waals surface area contributed by atoms with E-state index in [4.69, 9.17) is 30.0 Å². The monoisotopic (exact) mass is 290 g/mol. The van der Waals surface area contributed by atoms with E-state index < -0.39 is 36.1 Å². The molecule has 0 saturated heterocycles. The van der Waals surface area contributed by atoms with E-state index in [1.165, 1.54) is 0 Å². The van der Waals surface area contributed by atoms with Crippen LogP contribution in [0.25, 0.3) is 0 Å². The minimum absolute atomic E-state index is 0. The van der Waals surface area contributed by atoms with Crippen LogP contribution in [0, 0.1) is 0 Å². The van der Waals surface area contributed by atoms with Gasteiger partial charge >= 0.3 is 34.7 Å². The van der Waals surface area contributed by atoms with Gasteiger partial charge in [-0.1, -0.05) is 0 Å². The molecule has 0 aliphatic rings. The summed E-state index contributed by atoms with van der Waals surface area (Å²) in [5.74, 6) is -8.49. The van der Waals surface area contributed by atoms with Crippen LogP contribution >= 0.6 is 0 Å². The molecule has 92 valence electrons. The van der Waals surface area contributed by atoms with Crippen molar-refractivity contribution < 1.29 is 49.8 Å². The Morgan fingerprint density at radius 1 is 0.667 bits per heavy atom. The van der Waals surface area contributed by atoms with Crippen LogP contribution in [0.15, 0.2) is 0 Å². The zero-order chi connectivity index (χ0) is 13.5. The van der Waals surface area contributed by atoms with Gasteiger partial charge in [0, 0.05) is 0 Å². The van der Waals surface area contributed by atoms with Gasteiger partial charge in [0.15, 0.2) is 0 Å². The van der Waals surface area contributed by atoms with Crippen LogP contribution in [0.2, 0.25) is 0 Å². The summed E-state index contributed by atoms with van der Waals surface area (Å²) >= 11 is 0. The third kappa shape index (κ3) is 12.9. The SMILES string of the molecule is O=C([O-])C(=O)[O-].O=C([O-])C(O)C(O)C(=O)[O-].[Al+3].[Al+3]. The molecule has 0 bridgehead atoms. The molecule has 0 aliphatic heterocycles. The molecular formula is C6H4Al2O10+2. The van der Waals surface area contributed by atoms with Gasteiger partial charge in [0.25, 0.3) is 0 Å². The molecule has 0 radical (unpaired) electrons. The van der Waals surface area contributed by atoms with Crippen molar-refractivity contribution in [2.24, 2.45) is 0 Å². The normalized spacial score (nSPS) is 11.2. The van der Waals surface area contributed by atoms with Crippen molar-refractivity contribution in [2.75, 3.05) is 0 Å². The van der Waals surface area contributed by atoms with Crippen molar-refractivity contribution in [3.63, 3.8) is 0 Å². The van der Waals surface area contributed by atoms with E-state index in [0.29, 0.717) is 0 Å². The summed E-state index contributed by atoms with van der Waals surface area (Å²) in [5, 5.41) is 53.6. The Balaban J connectivity index is -0.000000108. The summed E-state index contributed by atoms with van der Waals surface area (Å²) in [4.78, 5) is 37.1. The summed E-state index contributed by atoms with van der Waals surface area (Å²) in [7, 11) is 0. The van der Waals surface area contributed by atoms with Crippen LogP contribution in [0.1, 0.15) is 0 Å². The fraction of sp³-hybridized carbons (Fsp3) is 0.333. The Labute approximate surface area is 121 Å². The van der Waals surface area contributed by atoms with Gasteiger partial charge in [-0.3, -0.25) is 0 Å². The summed E-state index contributed by atoms with van der Waals surface area (Å²) in [6, 6.07) is 0. The molecule has 18 heavy (non-hydrogen) atoms. The van der Waals surface area contributed by atoms with Gasteiger partial charge in [-0.2, -0.15) is 0 Å². The van der Waals surface area contributed by atoms with Crippen molar-refractivity contribution in [3.05, 3.63) is 0 Å². The first-order chi connectivity index (χ1) is 7.11. The molecule has 0 rings (SSSR count). The van der Waals surface area contributed by atoms with Crippen molar-refractivity contribution >= 4 is 58.6 Å². The molecule has 0 aromatic rings. The van der Waals surface area contributed by atoms with Gasteiger partial charge in [-0.25, -0.2) is 0 Å². The Bertz CT molecular complexity index is 273. The number of carboxylic acid groups (broad SMARTS) is 4. The van der Waals surface area contributed by atoms with Crippen molar-refractivity contribution in [1.29, 1.82) is 0 Å². The quantitative estimate of drug-likeness (QED) is 0.371. The van der Waals surface area contributed by atoms with E-state index in [1.54, 1.807) is 0 Å². The predicted octanol–water partition coefficient (Wildman–Crippen LogP) is -9.07. The molecular weight excluding hydrogens is 286 g/mol. The molecule has 0 aromatic carbocycles. The number of aliphatic hydroxyl groups excluding tert-OH is 2. The molecule has 0 spiro atoms. The summed E-state index contributed by atoms with van der Waals surface area (Å²) in [5.41, 5.74) is 0. The second kappa shape index (κ2) is 12.3. The van der Waals surface area contributed by atoms with Crippen LogP contribution in [-0.4, -0.2) is 81.0 Å². The number of carbonyl (C=O) groups excluding carboxylic acids is 4. The minimum atomic E-state index is -2.44. The Morgan fingerprint density at radius 2 is 0.833 bits per heavy atom. The second-order valence-electron chi connectivity index (χ2n) is 2.10. The van der Waals surface area contributed by atoms with Crippen LogP contribution < -0.4 is 20.4 Å². The Hall–Kier alpha value is -1.14. The number of aliphatic hydroxyl groups is 2. The molecule has 0 aromatic heterocycles. The number of rotatable bonds is 3. The molecule has 12 heteroatoms. The van der Waals surface area contributed by atoms with Crippen LogP contribution in [0.4, 0.5) is 0 Å². The van der Waals surface area contributed by atoms with Crippen LogP contribution in [-0.2, 0) is 19.2 Å². The van der Waals surface area contributed by atoms with Gasteiger partial charge in [-0.15, -0.1) is 0 Å². The molecule has 2 atom stereocenters. The van der Waals surface area contributed by atoms with Gasteiger partial charge in [0.1, 0.15) is 12.2 Å². The summed E-state index contributed by atoms with van der Waals surface area (Å²) in [6.45, 7) is 0. The number of carbonyl (C=O) groups is 4. The van der Waals surface area contributed by atoms with Gasteiger partial charge < -0.3 is 49.8 Å². The predicted molar refractivity (Wildman–Crippen MR) is 43.5 cm³/mol. The van der Waals surface area contributed by atoms with E-state index in [2.05, 4.69) is 0 Å². The maximum atomic E-state index is 9.63.